The van der Waals surface area contributed by atoms with E-state index < -0.39 is 24.4 Å². The van der Waals surface area contributed by atoms with Crippen LogP contribution in [0.25, 0.3) is 0 Å². The number of esters is 2. The van der Waals surface area contributed by atoms with Crippen molar-refractivity contribution in [3.05, 3.63) is 70.8 Å². The molecule has 0 amide bonds. The summed E-state index contributed by atoms with van der Waals surface area (Å²) in [5.74, 6) is -0.0402. The van der Waals surface area contributed by atoms with Gasteiger partial charge in [0.2, 0.25) is 0 Å². The van der Waals surface area contributed by atoms with Crippen LogP contribution >= 0.6 is 0 Å². The van der Waals surface area contributed by atoms with Gasteiger partial charge in [-0.2, -0.15) is 0 Å². The molecule has 0 saturated carbocycles. The molecule has 2 aliphatic rings. The molecule has 0 aromatic heterocycles. The van der Waals surface area contributed by atoms with E-state index >= 15 is 0 Å². The van der Waals surface area contributed by atoms with Crippen molar-refractivity contribution in [3.8, 4) is 11.5 Å². The van der Waals surface area contributed by atoms with Crippen molar-refractivity contribution in [1.29, 1.82) is 0 Å². The highest BCUT2D eigenvalue weighted by molar-refractivity contribution is 5.91. The van der Waals surface area contributed by atoms with E-state index in [1.807, 2.05) is 24.3 Å². The summed E-state index contributed by atoms with van der Waals surface area (Å²) in [6.45, 7) is 0.0117. The molecular formula is C26H30N2O6. The molecule has 0 aliphatic heterocycles. The van der Waals surface area contributed by atoms with Crippen molar-refractivity contribution < 1.29 is 28.5 Å². The van der Waals surface area contributed by atoms with E-state index in [0.29, 0.717) is 0 Å². The number of carbonyl (C=O) groups excluding carboxylic acids is 2. The number of hydrogen-bond acceptors (Lipinski definition) is 8. The molecule has 2 aromatic rings. The molecule has 0 bridgehead atoms. The highest BCUT2D eigenvalue weighted by atomic mass is 16.6. The molecule has 0 spiro atoms. The third-order valence-electron chi connectivity index (χ3n) is 5.90. The highest BCUT2D eigenvalue weighted by Gasteiger charge is 2.18. The van der Waals surface area contributed by atoms with E-state index in [-0.39, 0.29) is 13.2 Å². The summed E-state index contributed by atoms with van der Waals surface area (Å²) in [7, 11) is 0. The average molecular weight is 467 g/mol. The van der Waals surface area contributed by atoms with Crippen molar-refractivity contribution in [3.63, 3.8) is 0 Å². The van der Waals surface area contributed by atoms with Crippen molar-refractivity contribution in [2.24, 2.45) is 11.5 Å². The fourth-order valence-corrected chi connectivity index (χ4v) is 4.36. The molecule has 2 unspecified atom stereocenters. The van der Waals surface area contributed by atoms with Gasteiger partial charge in [0.05, 0.1) is 0 Å². The Morgan fingerprint density at radius 2 is 1.18 bits per heavy atom. The number of aryl methyl sites for hydroxylation is 2. The quantitative estimate of drug-likeness (QED) is 0.311. The predicted molar refractivity (Wildman–Crippen MR) is 125 cm³/mol. The summed E-state index contributed by atoms with van der Waals surface area (Å²) in [5.41, 5.74) is 16.6. The lowest BCUT2D eigenvalue weighted by Crippen LogP contribution is -2.33. The van der Waals surface area contributed by atoms with Crippen LogP contribution < -0.4 is 20.9 Å². The molecule has 8 heteroatoms. The molecule has 4 N–H and O–H groups in total. The van der Waals surface area contributed by atoms with Gasteiger partial charge >= 0.3 is 11.9 Å². The number of hydrogen-bond donors (Lipinski definition) is 2. The molecule has 2 aromatic carbocycles. The van der Waals surface area contributed by atoms with Crippen LogP contribution in [-0.4, -0.2) is 37.6 Å². The van der Waals surface area contributed by atoms with E-state index in [4.69, 9.17) is 30.4 Å². The Morgan fingerprint density at radius 3 is 1.62 bits per heavy atom. The third kappa shape index (κ3) is 6.15. The van der Waals surface area contributed by atoms with Gasteiger partial charge in [-0.1, -0.05) is 24.3 Å². The first-order chi connectivity index (χ1) is 16.5. The van der Waals surface area contributed by atoms with Crippen LogP contribution in [0.1, 0.15) is 35.1 Å². The molecule has 2 atom stereocenters. The van der Waals surface area contributed by atoms with Gasteiger partial charge in [0.15, 0.2) is 12.5 Å². The van der Waals surface area contributed by atoms with Gasteiger partial charge in [-0.15, -0.1) is 0 Å². The lowest BCUT2D eigenvalue weighted by atomic mass is 10.1. The fourth-order valence-electron chi connectivity index (χ4n) is 4.36. The summed E-state index contributed by atoms with van der Waals surface area (Å²) >= 11 is 0. The van der Waals surface area contributed by atoms with Crippen LogP contribution in [0.3, 0.4) is 0 Å². The number of carbonyl (C=O) groups is 2. The zero-order chi connectivity index (χ0) is 23.9. The zero-order valence-corrected chi connectivity index (χ0v) is 19.0. The Bertz CT molecular complexity index is 984. The maximum atomic E-state index is 12.0. The minimum atomic E-state index is -0.978. The van der Waals surface area contributed by atoms with E-state index in [0.717, 1.165) is 62.2 Å². The van der Waals surface area contributed by atoms with Gasteiger partial charge in [0, 0.05) is 12.2 Å². The van der Waals surface area contributed by atoms with Gasteiger partial charge in [-0.3, -0.25) is 11.5 Å². The topological polar surface area (TPSA) is 123 Å². The molecule has 0 fully saturated rings. The van der Waals surface area contributed by atoms with E-state index in [1.165, 1.54) is 22.3 Å². The smallest absolute Gasteiger partial charge is 0.332 e. The van der Waals surface area contributed by atoms with Crippen molar-refractivity contribution >= 4 is 11.9 Å². The van der Waals surface area contributed by atoms with Crippen molar-refractivity contribution in [1.82, 2.24) is 0 Å². The molecule has 0 radical (unpaired) electrons. The second-order valence-corrected chi connectivity index (χ2v) is 8.40. The standard InChI is InChI=1S/C26H30N2O6/c27-23(15-31-21-11-3-7-17-5-1-9-19(17)21)33-25(29)13-14-26(30)34-24(28)16-32-22-12-4-8-18-6-2-10-20(18)22/h3-4,7-8,11-14,23-24H,1-2,5-6,9-10,15-16,27-28H2/b14-13-. The molecule has 2 aliphatic carbocycles. The number of fused-ring (bicyclic) bond motifs is 2. The van der Waals surface area contributed by atoms with Crippen molar-refractivity contribution in [2.75, 3.05) is 13.2 Å². The first kappa shape index (κ1) is 23.8. The van der Waals surface area contributed by atoms with Gasteiger partial charge in [-0.05, 0) is 72.9 Å². The fraction of sp³-hybridized carbons (Fsp3) is 0.385. The van der Waals surface area contributed by atoms with Gasteiger partial charge in [-0.25, -0.2) is 9.59 Å². The normalized spacial score (nSPS) is 15.9. The van der Waals surface area contributed by atoms with Crippen LogP contribution in [0.4, 0.5) is 0 Å². The van der Waals surface area contributed by atoms with Crippen molar-refractivity contribution in [2.45, 2.75) is 51.0 Å². The average Bonchev–Trinajstić information content (AvgIpc) is 3.50. The minimum Gasteiger partial charge on any atom is -0.488 e. The van der Waals surface area contributed by atoms with Crippen LogP contribution in [0.5, 0.6) is 11.5 Å². The van der Waals surface area contributed by atoms with E-state index in [2.05, 4.69) is 12.1 Å². The molecule has 4 rings (SSSR count). The number of benzene rings is 2. The number of nitrogens with two attached hydrogens (primary N) is 2. The van der Waals surface area contributed by atoms with E-state index in [9.17, 15) is 9.59 Å². The first-order valence-electron chi connectivity index (χ1n) is 11.6. The Labute approximate surface area is 198 Å². The Morgan fingerprint density at radius 1 is 0.735 bits per heavy atom. The van der Waals surface area contributed by atoms with Gasteiger partial charge in [0.25, 0.3) is 0 Å². The molecule has 34 heavy (non-hydrogen) atoms. The lowest BCUT2D eigenvalue weighted by molar-refractivity contribution is -0.147. The monoisotopic (exact) mass is 466 g/mol. The van der Waals surface area contributed by atoms with Gasteiger partial charge in [0.1, 0.15) is 24.7 Å². The molecule has 0 heterocycles. The van der Waals surface area contributed by atoms with Crippen LogP contribution in [0, 0.1) is 0 Å². The van der Waals surface area contributed by atoms with Crippen LogP contribution in [0.2, 0.25) is 0 Å². The zero-order valence-electron chi connectivity index (χ0n) is 19.0. The van der Waals surface area contributed by atoms with Gasteiger partial charge < -0.3 is 18.9 Å². The second kappa shape index (κ2) is 11.2. The summed E-state index contributed by atoms with van der Waals surface area (Å²) in [6.07, 6.45) is 6.14. The highest BCUT2D eigenvalue weighted by Crippen LogP contribution is 2.31. The molecule has 0 saturated heterocycles. The molecule has 8 nitrogen and oxygen atoms in total. The number of ether oxygens (including phenoxy) is 4. The van der Waals surface area contributed by atoms with Crippen LogP contribution in [0.15, 0.2) is 48.6 Å². The largest absolute Gasteiger partial charge is 0.488 e. The summed E-state index contributed by atoms with van der Waals surface area (Å²) in [5, 5.41) is 0. The lowest BCUT2D eigenvalue weighted by Gasteiger charge is -2.16. The Hall–Kier alpha value is -3.36. The molecular weight excluding hydrogens is 436 g/mol. The summed E-state index contributed by atoms with van der Waals surface area (Å²) in [4.78, 5) is 23.9. The third-order valence-corrected chi connectivity index (χ3v) is 5.90. The second-order valence-electron chi connectivity index (χ2n) is 8.40. The van der Waals surface area contributed by atoms with Crippen LogP contribution in [-0.2, 0) is 44.7 Å². The summed E-state index contributed by atoms with van der Waals surface area (Å²) < 4.78 is 21.6. The predicted octanol–water partition coefficient (Wildman–Crippen LogP) is 2.33. The maximum Gasteiger partial charge on any atom is 0.332 e. The summed E-state index contributed by atoms with van der Waals surface area (Å²) in [6, 6.07) is 11.8. The van der Waals surface area contributed by atoms with E-state index in [1.54, 1.807) is 0 Å². The minimum absolute atomic E-state index is 0.00583. The number of rotatable bonds is 10. The maximum absolute atomic E-state index is 12.0. The molecule has 180 valence electrons. The first-order valence-corrected chi connectivity index (χ1v) is 11.6. The Kier molecular flexibility index (Phi) is 7.82. The SMILES string of the molecule is NC(COc1cccc2c1CCC2)OC(=O)/C=C\C(=O)OC(N)COc1cccc2c1CCC2. The Balaban J connectivity index is 1.16.